The Kier molecular flexibility index (Phi) is 6.99. The molecule has 0 spiro atoms. The molecular weight excluding hydrogens is 156 g/mol. The van der Waals surface area contributed by atoms with Gasteiger partial charge in [-0.1, -0.05) is 56.0 Å². The van der Waals surface area contributed by atoms with Gasteiger partial charge in [0.15, 0.2) is 0 Å². The van der Waals surface area contributed by atoms with Gasteiger partial charge in [0.1, 0.15) is 0 Å². The highest BCUT2D eigenvalue weighted by Gasteiger charge is 1.92. The second-order valence-electron chi connectivity index (χ2n) is 3.29. The summed E-state index contributed by atoms with van der Waals surface area (Å²) in [7, 11) is 0. The summed E-state index contributed by atoms with van der Waals surface area (Å²) in [4.78, 5) is 0. The van der Waals surface area contributed by atoms with Gasteiger partial charge < -0.3 is 0 Å². The van der Waals surface area contributed by atoms with Gasteiger partial charge in [-0.25, -0.2) is 0 Å². The molecule has 0 unspecified atom stereocenters. The van der Waals surface area contributed by atoms with Crippen LogP contribution in [0.25, 0.3) is 0 Å². The van der Waals surface area contributed by atoms with Gasteiger partial charge >= 0.3 is 0 Å². The predicted molar refractivity (Wildman–Crippen MR) is 61.8 cm³/mol. The average molecular weight is 176 g/mol. The molecule has 0 amide bonds. The summed E-state index contributed by atoms with van der Waals surface area (Å²) in [5, 5.41) is 0. The summed E-state index contributed by atoms with van der Waals surface area (Å²) in [6.45, 7) is 15.1. The summed E-state index contributed by atoms with van der Waals surface area (Å²) < 4.78 is 0. The van der Waals surface area contributed by atoms with E-state index in [0.717, 1.165) is 24.0 Å². The van der Waals surface area contributed by atoms with Gasteiger partial charge in [0.2, 0.25) is 0 Å². The lowest BCUT2D eigenvalue weighted by Crippen LogP contribution is -1.81. The molecule has 0 aromatic rings. The molecule has 0 heteroatoms. The van der Waals surface area contributed by atoms with Gasteiger partial charge in [-0.3, -0.25) is 0 Å². The van der Waals surface area contributed by atoms with Crippen molar-refractivity contribution in [3.8, 4) is 0 Å². The Hall–Kier alpha value is -1.04. The first-order valence-electron chi connectivity index (χ1n) is 4.81. The molecule has 0 aliphatic rings. The van der Waals surface area contributed by atoms with Gasteiger partial charge in [0.05, 0.1) is 0 Å². The Labute approximate surface area is 82.4 Å². The van der Waals surface area contributed by atoms with Crippen LogP contribution >= 0.6 is 0 Å². The van der Waals surface area contributed by atoms with Crippen LogP contribution in [0.3, 0.4) is 0 Å². The van der Waals surface area contributed by atoms with E-state index in [9.17, 15) is 0 Å². The van der Waals surface area contributed by atoms with Crippen LogP contribution < -0.4 is 0 Å². The van der Waals surface area contributed by atoms with E-state index in [2.05, 4.69) is 26.3 Å². The SMILES string of the molecule is C=CC(=C)CCCCCC(=C)C=C. The molecule has 0 aliphatic heterocycles. The molecule has 72 valence electrons. The van der Waals surface area contributed by atoms with Crippen LogP contribution in [0, 0.1) is 0 Å². The minimum absolute atomic E-state index is 1.07. The maximum atomic E-state index is 3.87. The first-order valence-corrected chi connectivity index (χ1v) is 4.81. The number of rotatable bonds is 8. The van der Waals surface area contributed by atoms with Gasteiger partial charge in [0.25, 0.3) is 0 Å². The minimum Gasteiger partial charge on any atom is -0.0988 e. The van der Waals surface area contributed by atoms with Crippen molar-refractivity contribution in [2.75, 3.05) is 0 Å². The van der Waals surface area contributed by atoms with Crippen molar-refractivity contribution < 1.29 is 0 Å². The standard InChI is InChI=1S/C13H20/c1-5-12(3)10-8-7-9-11-13(4)6-2/h5-6H,1-4,7-11H2. The van der Waals surface area contributed by atoms with Crippen molar-refractivity contribution >= 4 is 0 Å². The maximum absolute atomic E-state index is 3.87. The van der Waals surface area contributed by atoms with Crippen LogP contribution in [-0.4, -0.2) is 0 Å². The summed E-state index contributed by atoms with van der Waals surface area (Å²) in [6, 6.07) is 0. The smallest absolute Gasteiger partial charge is 0.0285 e. The summed E-state index contributed by atoms with van der Waals surface area (Å²) in [5.74, 6) is 0. The number of hydrogen-bond acceptors (Lipinski definition) is 0. The van der Waals surface area contributed by atoms with Gasteiger partial charge in [-0.2, -0.15) is 0 Å². The summed E-state index contributed by atoms with van der Waals surface area (Å²) in [5.41, 5.74) is 2.28. The predicted octanol–water partition coefficient (Wildman–Crippen LogP) is 4.42. The monoisotopic (exact) mass is 176 g/mol. The van der Waals surface area contributed by atoms with Crippen molar-refractivity contribution in [2.45, 2.75) is 32.1 Å². The highest BCUT2D eigenvalue weighted by molar-refractivity contribution is 5.11. The Morgan fingerprint density at radius 2 is 1.15 bits per heavy atom. The fourth-order valence-electron chi connectivity index (χ4n) is 1.09. The lowest BCUT2D eigenvalue weighted by Gasteiger charge is -2.01. The third kappa shape index (κ3) is 7.32. The highest BCUT2D eigenvalue weighted by Crippen LogP contribution is 2.11. The molecule has 0 aromatic carbocycles. The Morgan fingerprint density at radius 3 is 1.46 bits per heavy atom. The van der Waals surface area contributed by atoms with Crippen LogP contribution in [0.1, 0.15) is 32.1 Å². The first kappa shape index (κ1) is 12.0. The topological polar surface area (TPSA) is 0 Å². The molecule has 0 aliphatic carbocycles. The van der Waals surface area contributed by atoms with Crippen molar-refractivity contribution in [3.63, 3.8) is 0 Å². The molecule has 0 bridgehead atoms. The van der Waals surface area contributed by atoms with Crippen LogP contribution in [-0.2, 0) is 0 Å². The van der Waals surface area contributed by atoms with Gasteiger partial charge in [-0.05, 0) is 25.7 Å². The maximum Gasteiger partial charge on any atom is -0.0285 e. The summed E-state index contributed by atoms with van der Waals surface area (Å²) in [6.07, 6.45) is 9.46. The fraction of sp³-hybridized carbons (Fsp3) is 0.385. The van der Waals surface area contributed by atoms with Gasteiger partial charge in [0, 0.05) is 0 Å². The number of allylic oxidation sites excluding steroid dienone is 4. The molecular formula is C13H20. The average Bonchev–Trinajstić information content (AvgIpc) is 2.16. The molecule has 0 atom stereocenters. The fourth-order valence-corrected chi connectivity index (χ4v) is 1.09. The van der Waals surface area contributed by atoms with E-state index in [1.54, 1.807) is 0 Å². The molecule has 0 saturated heterocycles. The van der Waals surface area contributed by atoms with Crippen LogP contribution in [0.2, 0.25) is 0 Å². The van der Waals surface area contributed by atoms with E-state index in [1.807, 2.05) is 12.2 Å². The molecule has 0 saturated carbocycles. The third-order valence-electron chi connectivity index (χ3n) is 2.07. The zero-order valence-corrected chi connectivity index (χ0v) is 8.52. The van der Waals surface area contributed by atoms with Crippen molar-refractivity contribution in [1.82, 2.24) is 0 Å². The minimum atomic E-state index is 1.07. The van der Waals surface area contributed by atoms with E-state index in [0.29, 0.717) is 0 Å². The first-order chi connectivity index (χ1) is 6.20. The van der Waals surface area contributed by atoms with Crippen molar-refractivity contribution in [3.05, 3.63) is 49.6 Å². The van der Waals surface area contributed by atoms with E-state index in [1.165, 1.54) is 19.3 Å². The number of unbranched alkanes of at least 4 members (excludes halogenated alkanes) is 2. The Bertz CT molecular complexity index is 174. The largest absolute Gasteiger partial charge is 0.0988 e. The second kappa shape index (κ2) is 7.60. The van der Waals surface area contributed by atoms with Crippen LogP contribution in [0.5, 0.6) is 0 Å². The quantitative estimate of drug-likeness (QED) is 0.379. The van der Waals surface area contributed by atoms with Crippen molar-refractivity contribution in [1.29, 1.82) is 0 Å². The zero-order valence-electron chi connectivity index (χ0n) is 8.52. The number of hydrogen-bond donors (Lipinski definition) is 0. The zero-order chi connectivity index (χ0) is 10.1. The van der Waals surface area contributed by atoms with E-state index in [-0.39, 0.29) is 0 Å². The lowest BCUT2D eigenvalue weighted by molar-refractivity contribution is 0.682. The highest BCUT2D eigenvalue weighted by atomic mass is 14.0. The van der Waals surface area contributed by atoms with Crippen LogP contribution in [0.15, 0.2) is 49.6 Å². The van der Waals surface area contributed by atoms with Gasteiger partial charge in [-0.15, -0.1) is 0 Å². The molecule has 0 aromatic heterocycles. The summed E-state index contributed by atoms with van der Waals surface area (Å²) >= 11 is 0. The Morgan fingerprint density at radius 1 is 0.769 bits per heavy atom. The normalized spacial score (nSPS) is 9.23. The molecule has 13 heavy (non-hydrogen) atoms. The van der Waals surface area contributed by atoms with E-state index >= 15 is 0 Å². The molecule has 0 nitrogen and oxygen atoms in total. The van der Waals surface area contributed by atoms with Crippen molar-refractivity contribution in [2.24, 2.45) is 0 Å². The molecule has 0 N–H and O–H groups in total. The second-order valence-corrected chi connectivity index (χ2v) is 3.29. The van der Waals surface area contributed by atoms with E-state index in [4.69, 9.17) is 0 Å². The van der Waals surface area contributed by atoms with Crippen LogP contribution in [0.4, 0.5) is 0 Å². The molecule has 0 fully saturated rings. The van der Waals surface area contributed by atoms with E-state index < -0.39 is 0 Å². The molecule has 0 rings (SSSR count). The third-order valence-corrected chi connectivity index (χ3v) is 2.07. The Balaban J connectivity index is 3.26. The molecule has 0 heterocycles. The lowest BCUT2D eigenvalue weighted by atomic mass is 10.1. The molecule has 0 radical (unpaired) electrons.